The molecule has 1 unspecified atom stereocenters. The lowest BCUT2D eigenvalue weighted by atomic mass is 10.0. The molecule has 1 heterocycles. The van der Waals surface area contributed by atoms with Gasteiger partial charge in [0, 0.05) is 12.2 Å². The molecule has 3 aromatic rings. The van der Waals surface area contributed by atoms with Gasteiger partial charge in [-0.05, 0) is 54.2 Å². The van der Waals surface area contributed by atoms with Gasteiger partial charge in [0.05, 0.1) is 12.2 Å². The first-order chi connectivity index (χ1) is 15.1. The van der Waals surface area contributed by atoms with Gasteiger partial charge in [0.25, 0.3) is 5.91 Å². The van der Waals surface area contributed by atoms with E-state index in [1.54, 1.807) is 0 Å². The highest BCUT2D eigenvalue weighted by molar-refractivity contribution is 6.01. The molecule has 0 fully saturated rings. The van der Waals surface area contributed by atoms with E-state index in [2.05, 4.69) is 43.4 Å². The Kier molecular flexibility index (Phi) is 6.56. The molecule has 4 heteroatoms. The monoisotopic (exact) mass is 414 g/mol. The minimum atomic E-state index is -0.236. The van der Waals surface area contributed by atoms with Crippen molar-refractivity contribution in [3.05, 3.63) is 95.6 Å². The summed E-state index contributed by atoms with van der Waals surface area (Å²) in [4.78, 5) is 15.3. The Balaban J connectivity index is 1.59. The first-order valence-corrected chi connectivity index (χ1v) is 11.0. The van der Waals surface area contributed by atoms with Crippen molar-refractivity contribution in [1.82, 2.24) is 4.90 Å². The van der Waals surface area contributed by atoms with Gasteiger partial charge in [-0.2, -0.15) is 0 Å². The van der Waals surface area contributed by atoms with Crippen molar-refractivity contribution in [3.63, 3.8) is 0 Å². The minimum absolute atomic E-state index is 0.0569. The summed E-state index contributed by atoms with van der Waals surface area (Å²) in [5.41, 5.74) is 3.84. The zero-order valence-corrected chi connectivity index (χ0v) is 18.3. The van der Waals surface area contributed by atoms with Crippen molar-refractivity contribution in [3.8, 4) is 5.75 Å². The average molecular weight is 415 g/mol. The second-order valence-corrected chi connectivity index (χ2v) is 8.43. The van der Waals surface area contributed by atoms with Crippen LogP contribution in [0, 0.1) is 5.92 Å². The summed E-state index contributed by atoms with van der Waals surface area (Å²) in [6.45, 7) is 5.71. The van der Waals surface area contributed by atoms with Gasteiger partial charge in [0.2, 0.25) is 0 Å². The molecule has 1 N–H and O–H groups in total. The van der Waals surface area contributed by atoms with E-state index in [0.29, 0.717) is 19.1 Å². The van der Waals surface area contributed by atoms with Crippen LogP contribution in [0.3, 0.4) is 0 Å². The lowest BCUT2D eigenvalue weighted by molar-refractivity contribution is 0.0685. The van der Waals surface area contributed by atoms with E-state index in [4.69, 9.17) is 4.74 Å². The standard InChI is InChI=1S/C27H30N2O2/c1-20(2)16-18-31-23-12-8-11-22(19-23)26-28-25-14-7-6-13-24(25)27(30)29(26)17-15-21-9-4-3-5-10-21/h3-14,19-20,26,28H,15-18H2,1-2H3. The van der Waals surface area contributed by atoms with Crippen molar-refractivity contribution < 1.29 is 9.53 Å². The molecule has 4 rings (SSSR count). The molecular weight excluding hydrogens is 384 g/mol. The van der Waals surface area contributed by atoms with Crippen molar-refractivity contribution >= 4 is 11.6 Å². The predicted octanol–water partition coefficient (Wildman–Crippen LogP) is 5.92. The van der Waals surface area contributed by atoms with Gasteiger partial charge in [0.1, 0.15) is 11.9 Å². The molecule has 0 aromatic heterocycles. The van der Waals surface area contributed by atoms with Crippen LogP contribution < -0.4 is 10.1 Å². The summed E-state index contributed by atoms with van der Waals surface area (Å²) < 4.78 is 5.98. The molecule has 0 saturated carbocycles. The smallest absolute Gasteiger partial charge is 0.257 e. The zero-order chi connectivity index (χ0) is 21.6. The van der Waals surface area contributed by atoms with Crippen molar-refractivity contribution in [1.29, 1.82) is 0 Å². The number of rotatable bonds is 8. The number of anilines is 1. The fourth-order valence-corrected chi connectivity index (χ4v) is 3.87. The van der Waals surface area contributed by atoms with Crippen molar-refractivity contribution in [2.24, 2.45) is 5.92 Å². The third-order valence-corrected chi connectivity index (χ3v) is 5.64. The first-order valence-electron chi connectivity index (χ1n) is 11.0. The lowest BCUT2D eigenvalue weighted by Gasteiger charge is -2.38. The van der Waals surface area contributed by atoms with E-state index in [0.717, 1.165) is 35.4 Å². The van der Waals surface area contributed by atoms with Gasteiger partial charge in [-0.3, -0.25) is 4.79 Å². The number of fused-ring (bicyclic) bond motifs is 1. The van der Waals surface area contributed by atoms with Crippen LogP contribution in [-0.4, -0.2) is 24.0 Å². The molecular formula is C27H30N2O2. The number of carbonyl (C=O) groups is 1. The fraction of sp³-hybridized carbons (Fsp3) is 0.296. The predicted molar refractivity (Wildman–Crippen MR) is 125 cm³/mol. The van der Waals surface area contributed by atoms with Crippen LogP contribution in [0.15, 0.2) is 78.9 Å². The van der Waals surface area contributed by atoms with E-state index in [-0.39, 0.29) is 12.1 Å². The molecule has 0 spiro atoms. The molecule has 1 aliphatic heterocycles. The third-order valence-electron chi connectivity index (χ3n) is 5.64. The average Bonchev–Trinajstić information content (AvgIpc) is 2.79. The second-order valence-electron chi connectivity index (χ2n) is 8.43. The van der Waals surface area contributed by atoms with Crippen molar-refractivity contribution in [2.45, 2.75) is 32.9 Å². The highest BCUT2D eigenvalue weighted by Crippen LogP contribution is 2.34. The number of benzene rings is 3. The number of nitrogens with zero attached hydrogens (tertiary/aromatic N) is 1. The Morgan fingerprint density at radius 2 is 1.74 bits per heavy atom. The summed E-state index contributed by atoms with van der Waals surface area (Å²) in [6, 6.07) is 26.1. The van der Waals surface area contributed by atoms with Gasteiger partial charge in [0.15, 0.2) is 0 Å². The highest BCUT2D eigenvalue weighted by Gasteiger charge is 2.32. The Morgan fingerprint density at radius 1 is 0.968 bits per heavy atom. The summed E-state index contributed by atoms with van der Waals surface area (Å²) in [7, 11) is 0. The van der Waals surface area contributed by atoms with Gasteiger partial charge in [-0.25, -0.2) is 0 Å². The molecule has 0 saturated heterocycles. The summed E-state index contributed by atoms with van der Waals surface area (Å²) in [6.07, 6.45) is 1.58. The number of hydrogen-bond acceptors (Lipinski definition) is 3. The Labute approximate surface area is 184 Å². The summed E-state index contributed by atoms with van der Waals surface area (Å²) in [5, 5.41) is 3.58. The lowest BCUT2D eigenvalue weighted by Crippen LogP contribution is -2.44. The summed E-state index contributed by atoms with van der Waals surface area (Å²) in [5.74, 6) is 1.50. The molecule has 1 amide bonds. The maximum absolute atomic E-state index is 13.4. The number of nitrogens with one attached hydrogen (secondary N) is 1. The van der Waals surface area contributed by atoms with Gasteiger partial charge >= 0.3 is 0 Å². The maximum Gasteiger partial charge on any atom is 0.257 e. The fourth-order valence-electron chi connectivity index (χ4n) is 3.87. The van der Waals surface area contributed by atoms with E-state index in [1.165, 1.54) is 5.56 Å². The van der Waals surface area contributed by atoms with Crippen molar-refractivity contribution in [2.75, 3.05) is 18.5 Å². The van der Waals surface area contributed by atoms with Gasteiger partial charge in [-0.15, -0.1) is 0 Å². The summed E-state index contributed by atoms with van der Waals surface area (Å²) >= 11 is 0. The molecule has 3 aromatic carbocycles. The minimum Gasteiger partial charge on any atom is -0.494 e. The van der Waals surface area contributed by atoms with Crippen LogP contribution in [-0.2, 0) is 6.42 Å². The molecule has 4 nitrogen and oxygen atoms in total. The van der Waals surface area contributed by atoms with Crippen LogP contribution in [0.2, 0.25) is 0 Å². The normalized spacial score (nSPS) is 15.5. The van der Waals surface area contributed by atoms with Crippen LogP contribution in [0.5, 0.6) is 5.75 Å². The Hall–Kier alpha value is -3.27. The highest BCUT2D eigenvalue weighted by atomic mass is 16.5. The third kappa shape index (κ3) is 5.08. The van der Waals surface area contributed by atoms with Crippen LogP contribution in [0.25, 0.3) is 0 Å². The number of para-hydroxylation sites is 1. The Morgan fingerprint density at radius 3 is 2.55 bits per heavy atom. The SMILES string of the molecule is CC(C)CCOc1cccc(C2Nc3ccccc3C(=O)N2CCc2ccccc2)c1. The number of hydrogen-bond donors (Lipinski definition) is 1. The second kappa shape index (κ2) is 9.69. The Bertz CT molecular complexity index is 1020. The van der Waals surface area contributed by atoms with E-state index >= 15 is 0 Å². The first kappa shape index (κ1) is 21.0. The molecule has 0 bridgehead atoms. The molecule has 0 radical (unpaired) electrons. The quantitative estimate of drug-likeness (QED) is 0.497. The van der Waals surface area contributed by atoms with Crippen LogP contribution >= 0.6 is 0 Å². The molecule has 1 aliphatic rings. The van der Waals surface area contributed by atoms with Gasteiger partial charge in [-0.1, -0.05) is 68.4 Å². The topological polar surface area (TPSA) is 41.6 Å². The van der Waals surface area contributed by atoms with Crippen LogP contribution in [0.4, 0.5) is 5.69 Å². The molecule has 0 aliphatic carbocycles. The number of carbonyl (C=O) groups excluding carboxylic acids is 1. The van der Waals surface area contributed by atoms with Gasteiger partial charge < -0.3 is 15.0 Å². The largest absolute Gasteiger partial charge is 0.494 e. The van der Waals surface area contributed by atoms with Crippen LogP contribution in [0.1, 0.15) is 47.9 Å². The molecule has 160 valence electrons. The molecule has 1 atom stereocenters. The van der Waals surface area contributed by atoms with E-state index in [1.807, 2.05) is 59.5 Å². The number of amides is 1. The van der Waals surface area contributed by atoms with E-state index in [9.17, 15) is 4.79 Å². The maximum atomic E-state index is 13.4. The zero-order valence-electron chi connectivity index (χ0n) is 18.3. The molecule has 31 heavy (non-hydrogen) atoms. The number of ether oxygens (including phenoxy) is 1. The van der Waals surface area contributed by atoms with E-state index < -0.39 is 0 Å².